The Morgan fingerprint density at radius 3 is 1.38 bits per heavy atom. The first-order valence-electron chi connectivity index (χ1n) is 19.8. The van der Waals surface area contributed by atoms with E-state index in [0.717, 1.165) is 38.6 Å². The lowest BCUT2D eigenvalue weighted by atomic mass is 9.84. The Bertz CT molecular complexity index is 3590. The second-order valence-electron chi connectivity index (χ2n) is 15.8. The van der Waals surface area contributed by atoms with E-state index in [1.165, 1.54) is 104 Å². The maximum absolute atomic E-state index is 4.70. The number of benzene rings is 9. The molecule has 0 unspecified atom stereocenters. The van der Waals surface area contributed by atoms with Crippen LogP contribution in [0.25, 0.3) is 143 Å². The van der Waals surface area contributed by atoms with Crippen LogP contribution in [-0.4, -0.2) is 20.2 Å². The fourth-order valence-electron chi connectivity index (χ4n) is 10.5. The van der Waals surface area contributed by atoms with Crippen molar-refractivity contribution in [3.05, 3.63) is 170 Å². The Balaban J connectivity index is 1.20. The second kappa shape index (κ2) is 10.9. The van der Waals surface area contributed by atoms with Crippen molar-refractivity contribution in [2.75, 3.05) is 0 Å². The highest BCUT2D eigenvalue weighted by molar-refractivity contribution is 6.30. The van der Waals surface area contributed by atoms with Gasteiger partial charge in [0.15, 0.2) is 5.65 Å². The van der Waals surface area contributed by atoms with E-state index >= 15 is 0 Å². The topological polar surface area (TPSA) is 51.6 Å². The lowest BCUT2D eigenvalue weighted by Crippen LogP contribution is -1.94. The molecule has 3 heterocycles. The van der Waals surface area contributed by atoms with Crippen LogP contribution in [0.5, 0.6) is 0 Å². The summed E-state index contributed by atoms with van der Waals surface area (Å²) in [6.45, 7) is 0. The molecule has 3 aromatic heterocycles. The molecule has 0 saturated carbocycles. The van der Waals surface area contributed by atoms with Crippen molar-refractivity contribution in [2.45, 2.75) is 0 Å². The van der Waals surface area contributed by atoms with Crippen LogP contribution in [0.15, 0.2) is 170 Å². The fraction of sp³-hybridized carbons (Fsp3) is 0. The minimum absolute atomic E-state index is 0.743. The van der Waals surface area contributed by atoms with E-state index in [2.05, 4.69) is 150 Å². The summed E-state index contributed by atoms with van der Waals surface area (Å²) in [6.07, 6.45) is 5.68. The molecule has 0 radical (unpaired) electrons. The molecule has 4 nitrogen and oxygen atoms in total. The van der Waals surface area contributed by atoms with Crippen LogP contribution < -0.4 is 0 Å². The van der Waals surface area contributed by atoms with Crippen molar-refractivity contribution in [1.29, 1.82) is 0 Å². The largest absolute Gasteiger partial charge is 0.237 e. The van der Waals surface area contributed by atoms with Gasteiger partial charge in [0.1, 0.15) is 0 Å². The lowest BCUT2D eigenvalue weighted by molar-refractivity contribution is 1.08. The van der Waals surface area contributed by atoms with Gasteiger partial charge in [-0.05, 0) is 176 Å². The summed E-state index contributed by atoms with van der Waals surface area (Å²) in [7, 11) is 0. The molecule has 4 heteroatoms. The third-order valence-corrected chi connectivity index (χ3v) is 13.0. The zero-order valence-corrected chi connectivity index (χ0v) is 31.0. The molecule has 0 N–H and O–H groups in total. The third-order valence-electron chi connectivity index (χ3n) is 13.0. The summed E-state index contributed by atoms with van der Waals surface area (Å²) < 4.78 is 0. The first kappa shape index (κ1) is 30.4. The van der Waals surface area contributed by atoms with E-state index in [1.54, 1.807) is 0 Å². The first-order chi connectivity index (χ1) is 28.8. The van der Waals surface area contributed by atoms with Crippen molar-refractivity contribution in [3.8, 4) is 66.8 Å². The minimum atomic E-state index is 0.743. The Labute approximate surface area is 331 Å². The molecule has 58 heavy (non-hydrogen) atoms. The number of pyridine rings is 2. The minimum Gasteiger partial charge on any atom is -0.237 e. The lowest BCUT2D eigenvalue weighted by Gasteiger charge is -2.19. The number of aromatic nitrogens is 4. The van der Waals surface area contributed by atoms with Gasteiger partial charge in [-0.1, -0.05) is 91.0 Å². The molecule has 264 valence electrons. The van der Waals surface area contributed by atoms with E-state index < -0.39 is 0 Å². The van der Waals surface area contributed by atoms with Crippen molar-refractivity contribution >= 4 is 75.8 Å². The Hall–Kier alpha value is -7.82. The van der Waals surface area contributed by atoms with Crippen LogP contribution in [0.4, 0.5) is 0 Å². The molecular weight excluding hydrogens is 705 g/mol. The Kier molecular flexibility index (Phi) is 5.73. The molecule has 2 aliphatic carbocycles. The van der Waals surface area contributed by atoms with Gasteiger partial charge in [0.05, 0.1) is 11.7 Å². The van der Waals surface area contributed by atoms with E-state index in [4.69, 9.17) is 9.97 Å². The molecule has 14 rings (SSSR count). The van der Waals surface area contributed by atoms with Crippen molar-refractivity contribution in [1.82, 2.24) is 20.2 Å². The van der Waals surface area contributed by atoms with E-state index in [1.807, 2.05) is 30.7 Å². The van der Waals surface area contributed by atoms with Crippen molar-refractivity contribution < 1.29 is 0 Å². The average Bonchev–Trinajstić information content (AvgIpc) is 3.77. The standard InChI is InChI=1S/C54H28N4/c1-2-18-51-32(12-1)50(28-57-58-51)49-27-47-44(46-25-41-35-15-5-10-30-11-6-16-36(53(30)35)42(41)26-48(46)49)22-38(31-19-21-56-54-37(31)17-7-20-55-54)43-23-39-33-13-3-8-29-9-4-14-34(52(29)33)40(39)24-45(43)47/h1-28H. The van der Waals surface area contributed by atoms with E-state index in [9.17, 15) is 0 Å². The summed E-state index contributed by atoms with van der Waals surface area (Å²) in [5.74, 6) is 0. The van der Waals surface area contributed by atoms with Gasteiger partial charge >= 0.3 is 0 Å². The van der Waals surface area contributed by atoms with Crippen LogP contribution in [0.3, 0.4) is 0 Å². The first-order valence-corrected chi connectivity index (χ1v) is 19.8. The van der Waals surface area contributed by atoms with E-state index in [-0.39, 0.29) is 0 Å². The second-order valence-corrected chi connectivity index (χ2v) is 15.8. The molecule has 0 saturated heterocycles. The predicted molar refractivity (Wildman–Crippen MR) is 240 cm³/mol. The van der Waals surface area contributed by atoms with Gasteiger partial charge in [0, 0.05) is 28.7 Å². The molecule has 0 bridgehead atoms. The average molecular weight is 733 g/mol. The molecule has 9 aromatic carbocycles. The molecule has 0 aliphatic heterocycles. The monoisotopic (exact) mass is 732 g/mol. The molecule has 0 atom stereocenters. The fourth-order valence-corrected chi connectivity index (χ4v) is 10.5. The third kappa shape index (κ3) is 3.88. The SMILES string of the molecule is c1cc2c3c(cccc3c1)-c1cc3c(cc1-2)c(-c1cnnc2ccccc12)cc1c2cc4c(cc2c(-c2ccnc5ncccc25)cc31)-c1cccc2cccc-4c12. The molecule has 0 amide bonds. The van der Waals surface area contributed by atoms with Crippen molar-refractivity contribution in [3.63, 3.8) is 0 Å². The van der Waals surface area contributed by atoms with Crippen LogP contribution >= 0.6 is 0 Å². The quantitative estimate of drug-likeness (QED) is 0.166. The van der Waals surface area contributed by atoms with Gasteiger partial charge in [-0.2, -0.15) is 10.2 Å². The summed E-state index contributed by atoms with van der Waals surface area (Å²) in [5, 5.41) is 23.7. The van der Waals surface area contributed by atoms with Crippen LogP contribution in [-0.2, 0) is 0 Å². The number of rotatable bonds is 2. The van der Waals surface area contributed by atoms with Crippen LogP contribution in [0.1, 0.15) is 0 Å². The predicted octanol–water partition coefficient (Wildman–Crippen LogP) is 14.0. The highest BCUT2D eigenvalue weighted by atomic mass is 15.1. The summed E-state index contributed by atoms with van der Waals surface area (Å²) in [6, 6.07) is 56.2. The van der Waals surface area contributed by atoms with Gasteiger partial charge in [-0.15, -0.1) is 0 Å². The molecule has 0 spiro atoms. The van der Waals surface area contributed by atoms with Crippen LogP contribution in [0.2, 0.25) is 0 Å². The molecular formula is C54H28N4. The van der Waals surface area contributed by atoms with Gasteiger partial charge in [-0.25, -0.2) is 9.97 Å². The molecule has 12 aromatic rings. The number of hydrogen-bond acceptors (Lipinski definition) is 4. The number of fused-ring (bicyclic) bond motifs is 13. The van der Waals surface area contributed by atoms with Crippen LogP contribution in [0, 0.1) is 0 Å². The van der Waals surface area contributed by atoms with Gasteiger partial charge < -0.3 is 0 Å². The summed E-state index contributed by atoms with van der Waals surface area (Å²) in [4.78, 5) is 9.39. The van der Waals surface area contributed by atoms with Gasteiger partial charge in [-0.3, -0.25) is 0 Å². The Morgan fingerprint density at radius 1 is 0.293 bits per heavy atom. The highest BCUT2D eigenvalue weighted by Crippen LogP contribution is 2.54. The normalized spacial score (nSPS) is 12.5. The smallest absolute Gasteiger partial charge is 0.159 e. The Morgan fingerprint density at radius 2 is 0.776 bits per heavy atom. The molecule has 2 aliphatic rings. The number of hydrogen-bond donors (Lipinski definition) is 0. The maximum atomic E-state index is 4.70. The zero-order chi connectivity index (χ0) is 37.6. The maximum Gasteiger partial charge on any atom is 0.159 e. The highest BCUT2D eigenvalue weighted by Gasteiger charge is 2.27. The summed E-state index contributed by atoms with van der Waals surface area (Å²) in [5.41, 5.74) is 16.4. The van der Waals surface area contributed by atoms with Gasteiger partial charge in [0.25, 0.3) is 0 Å². The molecule has 0 fully saturated rings. The zero-order valence-electron chi connectivity index (χ0n) is 31.0. The van der Waals surface area contributed by atoms with E-state index in [0.29, 0.717) is 0 Å². The van der Waals surface area contributed by atoms with Gasteiger partial charge in [0.2, 0.25) is 0 Å². The summed E-state index contributed by atoms with van der Waals surface area (Å²) >= 11 is 0. The van der Waals surface area contributed by atoms with Crippen molar-refractivity contribution in [2.24, 2.45) is 0 Å². The number of nitrogens with zero attached hydrogens (tertiary/aromatic N) is 4.